The molecule has 0 aromatic rings. The smallest absolute Gasteiger partial charge is 0.307 e. The van der Waals surface area contributed by atoms with E-state index < -0.39 is 12.4 Å². The van der Waals surface area contributed by atoms with Gasteiger partial charge in [-0.3, -0.25) is 4.79 Å². The molecule has 3 atom stereocenters. The van der Waals surface area contributed by atoms with E-state index in [2.05, 4.69) is 5.32 Å². The Labute approximate surface area is 101 Å². The third kappa shape index (κ3) is 3.15. The van der Waals surface area contributed by atoms with Crippen LogP contribution in [0.1, 0.15) is 33.6 Å². The van der Waals surface area contributed by atoms with Crippen LogP contribution in [0.5, 0.6) is 0 Å². The number of hydrogen-bond acceptors (Lipinski definition) is 2. The van der Waals surface area contributed by atoms with Crippen molar-refractivity contribution in [3.05, 3.63) is 0 Å². The van der Waals surface area contributed by atoms with Crippen LogP contribution in [0, 0.1) is 17.3 Å². The van der Waals surface area contributed by atoms with Crippen molar-refractivity contribution in [2.24, 2.45) is 17.3 Å². The fraction of sp³-hybridized carbons (Fsp3) is 0.917. The molecule has 0 aromatic carbocycles. The van der Waals surface area contributed by atoms with E-state index in [9.17, 15) is 13.6 Å². The Morgan fingerprint density at radius 2 is 2.06 bits per heavy atom. The van der Waals surface area contributed by atoms with Gasteiger partial charge in [0.05, 0.1) is 12.5 Å². The highest BCUT2D eigenvalue weighted by Crippen LogP contribution is 2.45. The first-order valence-corrected chi connectivity index (χ1v) is 6.01. The molecular weight excluding hydrogens is 228 g/mol. The molecule has 1 aliphatic carbocycles. The predicted molar refractivity (Wildman–Crippen MR) is 61.1 cm³/mol. The SMILES string of the molecule is CC1C(NCC(F)F)CCC(C(=O)O)C1(C)C. The molecule has 100 valence electrons. The average Bonchev–Trinajstić information content (AvgIpc) is 2.19. The molecule has 3 unspecified atom stereocenters. The molecule has 1 rings (SSSR count). The number of carbonyl (C=O) groups is 1. The molecule has 1 saturated carbocycles. The van der Waals surface area contributed by atoms with Gasteiger partial charge in [-0.15, -0.1) is 0 Å². The summed E-state index contributed by atoms with van der Waals surface area (Å²) in [6.45, 7) is 5.44. The molecule has 0 spiro atoms. The van der Waals surface area contributed by atoms with E-state index >= 15 is 0 Å². The van der Waals surface area contributed by atoms with Gasteiger partial charge in [0.1, 0.15) is 0 Å². The first kappa shape index (κ1) is 14.4. The molecule has 0 heterocycles. The zero-order valence-electron chi connectivity index (χ0n) is 10.5. The largest absolute Gasteiger partial charge is 0.481 e. The second-order valence-electron chi connectivity index (χ2n) is 5.48. The van der Waals surface area contributed by atoms with Crippen molar-refractivity contribution in [2.75, 3.05) is 6.54 Å². The fourth-order valence-corrected chi connectivity index (χ4v) is 2.77. The molecule has 3 nitrogen and oxygen atoms in total. The molecule has 5 heteroatoms. The van der Waals surface area contributed by atoms with Gasteiger partial charge in [-0.1, -0.05) is 20.8 Å². The maximum Gasteiger partial charge on any atom is 0.307 e. The molecular formula is C12H21F2NO2. The Balaban J connectivity index is 2.68. The lowest BCUT2D eigenvalue weighted by molar-refractivity contribution is -0.150. The van der Waals surface area contributed by atoms with Crippen molar-refractivity contribution in [1.29, 1.82) is 0 Å². The molecule has 0 saturated heterocycles. The lowest BCUT2D eigenvalue weighted by Gasteiger charge is -2.46. The van der Waals surface area contributed by atoms with Crippen LogP contribution < -0.4 is 5.32 Å². The second-order valence-corrected chi connectivity index (χ2v) is 5.48. The number of rotatable bonds is 4. The van der Waals surface area contributed by atoms with Gasteiger partial charge in [0.25, 0.3) is 6.43 Å². The van der Waals surface area contributed by atoms with Crippen molar-refractivity contribution in [3.63, 3.8) is 0 Å². The number of carboxylic acid groups (broad SMARTS) is 1. The monoisotopic (exact) mass is 249 g/mol. The molecule has 0 radical (unpaired) electrons. The minimum Gasteiger partial charge on any atom is -0.481 e. The highest BCUT2D eigenvalue weighted by Gasteiger charge is 2.46. The van der Waals surface area contributed by atoms with Crippen LogP contribution in [0.15, 0.2) is 0 Å². The molecule has 1 fully saturated rings. The van der Waals surface area contributed by atoms with Gasteiger partial charge in [0.2, 0.25) is 0 Å². The van der Waals surface area contributed by atoms with E-state index in [1.54, 1.807) is 0 Å². The van der Waals surface area contributed by atoms with Crippen LogP contribution in [-0.4, -0.2) is 30.1 Å². The Kier molecular flexibility index (Phi) is 4.47. The molecule has 0 aliphatic heterocycles. The van der Waals surface area contributed by atoms with E-state index in [1.165, 1.54) is 0 Å². The number of aliphatic carboxylic acids is 1. The third-order valence-corrected chi connectivity index (χ3v) is 4.27. The summed E-state index contributed by atoms with van der Waals surface area (Å²) in [5.74, 6) is -1.10. The van der Waals surface area contributed by atoms with Gasteiger partial charge in [0, 0.05) is 6.04 Å². The molecule has 17 heavy (non-hydrogen) atoms. The van der Waals surface area contributed by atoms with E-state index in [4.69, 9.17) is 5.11 Å². The van der Waals surface area contributed by atoms with Crippen molar-refractivity contribution < 1.29 is 18.7 Å². The second kappa shape index (κ2) is 5.29. The van der Waals surface area contributed by atoms with Gasteiger partial charge in [0.15, 0.2) is 0 Å². The topological polar surface area (TPSA) is 49.3 Å². The fourth-order valence-electron chi connectivity index (χ4n) is 2.77. The van der Waals surface area contributed by atoms with Gasteiger partial charge in [-0.05, 0) is 24.2 Å². The van der Waals surface area contributed by atoms with Crippen molar-refractivity contribution >= 4 is 5.97 Å². The van der Waals surface area contributed by atoms with Crippen LogP contribution in [0.3, 0.4) is 0 Å². The van der Waals surface area contributed by atoms with Gasteiger partial charge in [-0.2, -0.15) is 0 Å². The van der Waals surface area contributed by atoms with E-state index in [1.807, 2.05) is 20.8 Å². The summed E-state index contributed by atoms with van der Waals surface area (Å²) in [6.07, 6.45) is -1.16. The van der Waals surface area contributed by atoms with Gasteiger partial charge in [-0.25, -0.2) is 8.78 Å². The lowest BCUT2D eigenvalue weighted by atomic mass is 9.61. The number of halogens is 2. The Bertz CT molecular complexity index is 282. The zero-order valence-corrected chi connectivity index (χ0v) is 10.5. The third-order valence-electron chi connectivity index (χ3n) is 4.27. The van der Waals surface area contributed by atoms with Gasteiger partial charge >= 0.3 is 5.97 Å². The number of alkyl halides is 2. The quantitative estimate of drug-likeness (QED) is 0.804. The molecule has 1 aliphatic rings. The summed E-state index contributed by atoms with van der Waals surface area (Å²) in [5, 5.41) is 12.0. The van der Waals surface area contributed by atoms with Crippen LogP contribution in [0.2, 0.25) is 0 Å². The Hall–Kier alpha value is -0.710. The molecule has 2 N–H and O–H groups in total. The normalized spacial score (nSPS) is 32.7. The summed E-state index contributed by atoms with van der Waals surface area (Å²) in [5.41, 5.74) is -0.371. The van der Waals surface area contributed by atoms with Crippen LogP contribution in [-0.2, 0) is 4.79 Å². The van der Waals surface area contributed by atoms with E-state index in [0.717, 1.165) is 0 Å². The summed E-state index contributed by atoms with van der Waals surface area (Å²) in [6, 6.07) is -0.0189. The molecule has 0 aromatic heterocycles. The maximum atomic E-state index is 12.2. The maximum absolute atomic E-state index is 12.2. The van der Waals surface area contributed by atoms with Gasteiger partial charge < -0.3 is 10.4 Å². The minimum absolute atomic E-state index is 0.0189. The predicted octanol–water partition coefficient (Wildman–Crippen LogP) is 2.37. The summed E-state index contributed by atoms with van der Waals surface area (Å²) >= 11 is 0. The molecule has 0 bridgehead atoms. The standard InChI is InChI=1S/C12H21F2NO2/c1-7-9(15-6-10(13)14)5-4-8(11(16)17)12(7,2)3/h7-10,15H,4-6H2,1-3H3,(H,16,17). The van der Waals surface area contributed by atoms with Crippen LogP contribution in [0.4, 0.5) is 8.78 Å². The number of hydrogen-bond donors (Lipinski definition) is 2. The first-order chi connectivity index (χ1) is 7.76. The Morgan fingerprint density at radius 3 is 2.53 bits per heavy atom. The van der Waals surface area contributed by atoms with Crippen LogP contribution in [0.25, 0.3) is 0 Å². The lowest BCUT2D eigenvalue weighted by Crippen LogP contribution is -2.51. The highest BCUT2D eigenvalue weighted by molar-refractivity contribution is 5.71. The van der Waals surface area contributed by atoms with Crippen molar-refractivity contribution in [3.8, 4) is 0 Å². The van der Waals surface area contributed by atoms with Crippen molar-refractivity contribution in [1.82, 2.24) is 5.32 Å². The summed E-state index contributed by atoms with van der Waals surface area (Å²) in [4.78, 5) is 11.1. The highest BCUT2D eigenvalue weighted by atomic mass is 19.3. The summed E-state index contributed by atoms with van der Waals surface area (Å²) < 4.78 is 24.3. The zero-order chi connectivity index (χ0) is 13.2. The molecule has 0 amide bonds. The van der Waals surface area contributed by atoms with Crippen molar-refractivity contribution in [2.45, 2.75) is 46.1 Å². The van der Waals surface area contributed by atoms with Crippen LogP contribution >= 0.6 is 0 Å². The Morgan fingerprint density at radius 1 is 1.47 bits per heavy atom. The first-order valence-electron chi connectivity index (χ1n) is 6.01. The van der Waals surface area contributed by atoms with E-state index in [0.29, 0.717) is 12.8 Å². The summed E-state index contributed by atoms with van der Waals surface area (Å²) in [7, 11) is 0. The number of nitrogens with one attached hydrogen (secondary N) is 1. The average molecular weight is 249 g/mol. The number of carboxylic acids is 1. The minimum atomic E-state index is -2.36. The van der Waals surface area contributed by atoms with E-state index in [-0.39, 0.29) is 29.8 Å².